The summed E-state index contributed by atoms with van der Waals surface area (Å²) in [6, 6.07) is 18.9. The van der Waals surface area contributed by atoms with Crippen molar-refractivity contribution in [2.24, 2.45) is 0 Å². The number of halogens is 1. The molecule has 0 saturated carbocycles. The van der Waals surface area contributed by atoms with E-state index in [4.69, 9.17) is 9.47 Å². The van der Waals surface area contributed by atoms with Gasteiger partial charge in [0, 0.05) is 13.1 Å². The van der Waals surface area contributed by atoms with Crippen molar-refractivity contribution in [1.29, 1.82) is 0 Å². The lowest BCUT2D eigenvalue weighted by molar-refractivity contribution is 0.0697. The van der Waals surface area contributed by atoms with Gasteiger partial charge in [0.2, 0.25) is 0 Å². The number of rotatable bonds is 9. The number of aliphatic hydroxyl groups is 1. The summed E-state index contributed by atoms with van der Waals surface area (Å²) < 4.78 is 25.0. The van der Waals surface area contributed by atoms with E-state index in [-0.39, 0.29) is 24.0 Å². The minimum absolute atomic E-state index is 0.00581. The van der Waals surface area contributed by atoms with Gasteiger partial charge in [-0.2, -0.15) is 0 Å². The third-order valence-corrected chi connectivity index (χ3v) is 5.55. The summed E-state index contributed by atoms with van der Waals surface area (Å²) in [5.74, 6) is -0.463. The SMILES string of the molecule is O=C(O)c1cccc(-c2ccc3c(c2)CC[C@H](CNC[C@H](O)COc2ccccc2F)O3)c1. The molecule has 1 aliphatic rings. The molecule has 6 nitrogen and oxygen atoms in total. The Bertz CT molecular complexity index is 1120. The molecule has 33 heavy (non-hydrogen) atoms. The molecule has 172 valence electrons. The first-order valence-electron chi connectivity index (χ1n) is 10.9. The fraction of sp³-hybridized carbons (Fsp3) is 0.269. The van der Waals surface area contributed by atoms with Gasteiger partial charge in [0.15, 0.2) is 11.6 Å². The van der Waals surface area contributed by atoms with Crippen LogP contribution in [0.3, 0.4) is 0 Å². The minimum atomic E-state index is -0.947. The number of nitrogens with one attached hydrogen (secondary N) is 1. The zero-order chi connectivity index (χ0) is 23.2. The van der Waals surface area contributed by atoms with Crippen LogP contribution in [-0.4, -0.2) is 48.1 Å². The van der Waals surface area contributed by atoms with E-state index in [9.17, 15) is 19.4 Å². The Morgan fingerprint density at radius 1 is 1.12 bits per heavy atom. The number of aliphatic hydroxyl groups excluding tert-OH is 1. The van der Waals surface area contributed by atoms with Gasteiger partial charge < -0.3 is 25.0 Å². The van der Waals surface area contributed by atoms with Crippen LogP contribution in [-0.2, 0) is 6.42 Å². The number of ether oxygens (including phenoxy) is 2. The third-order valence-electron chi connectivity index (χ3n) is 5.55. The summed E-state index contributed by atoms with van der Waals surface area (Å²) in [5.41, 5.74) is 3.15. The highest BCUT2D eigenvalue weighted by atomic mass is 19.1. The maximum atomic E-state index is 13.6. The Labute approximate surface area is 191 Å². The number of para-hydroxylation sites is 1. The molecular formula is C26H26FNO5. The molecule has 1 aliphatic heterocycles. The smallest absolute Gasteiger partial charge is 0.335 e. The summed E-state index contributed by atoms with van der Waals surface area (Å²) in [6.07, 6.45) is 0.857. The molecule has 0 aliphatic carbocycles. The molecule has 0 radical (unpaired) electrons. The average Bonchev–Trinajstić information content (AvgIpc) is 2.83. The minimum Gasteiger partial charge on any atom is -0.489 e. The molecule has 7 heteroatoms. The van der Waals surface area contributed by atoms with Crippen molar-refractivity contribution in [3.05, 3.63) is 83.7 Å². The van der Waals surface area contributed by atoms with Crippen LogP contribution in [0.1, 0.15) is 22.3 Å². The van der Waals surface area contributed by atoms with Crippen LogP contribution in [0.4, 0.5) is 4.39 Å². The number of carbonyl (C=O) groups is 1. The number of aryl methyl sites for hydroxylation is 1. The van der Waals surface area contributed by atoms with Crippen molar-refractivity contribution in [2.45, 2.75) is 25.0 Å². The Kier molecular flexibility index (Phi) is 7.22. The van der Waals surface area contributed by atoms with Gasteiger partial charge in [0.25, 0.3) is 0 Å². The molecule has 3 aromatic rings. The van der Waals surface area contributed by atoms with Gasteiger partial charge in [-0.15, -0.1) is 0 Å². The van der Waals surface area contributed by atoms with Crippen molar-refractivity contribution >= 4 is 5.97 Å². The fourth-order valence-corrected chi connectivity index (χ4v) is 3.82. The molecule has 3 N–H and O–H groups in total. The van der Waals surface area contributed by atoms with Crippen LogP contribution >= 0.6 is 0 Å². The highest BCUT2D eigenvalue weighted by Crippen LogP contribution is 2.32. The van der Waals surface area contributed by atoms with Crippen LogP contribution in [0.2, 0.25) is 0 Å². The molecule has 0 aromatic heterocycles. The van der Waals surface area contributed by atoms with Crippen LogP contribution in [0.25, 0.3) is 11.1 Å². The number of hydrogen-bond acceptors (Lipinski definition) is 5. The van der Waals surface area contributed by atoms with E-state index >= 15 is 0 Å². The van der Waals surface area contributed by atoms with Gasteiger partial charge in [0.1, 0.15) is 24.6 Å². The zero-order valence-corrected chi connectivity index (χ0v) is 18.0. The van der Waals surface area contributed by atoms with Crippen LogP contribution in [0.5, 0.6) is 11.5 Å². The average molecular weight is 451 g/mol. The van der Waals surface area contributed by atoms with Gasteiger partial charge in [-0.25, -0.2) is 9.18 Å². The first-order chi connectivity index (χ1) is 16.0. The van der Waals surface area contributed by atoms with Crippen molar-refractivity contribution < 1.29 is 28.9 Å². The van der Waals surface area contributed by atoms with Gasteiger partial charge in [0.05, 0.1) is 5.56 Å². The lowest BCUT2D eigenvalue weighted by atomic mass is 9.96. The van der Waals surface area contributed by atoms with E-state index in [0.717, 1.165) is 35.3 Å². The Hall–Kier alpha value is -3.42. The Balaban J connectivity index is 1.26. The van der Waals surface area contributed by atoms with Crippen LogP contribution in [0.15, 0.2) is 66.7 Å². The predicted molar refractivity (Wildman–Crippen MR) is 122 cm³/mol. The normalized spacial score (nSPS) is 15.9. The van der Waals surface area contributed by atoms with E-state index in [1.54, 1.807) is 30.3 Å². The molecule has 3 aromatic carbocycles. The Morgan fingerprint density at radius 2 is 1.94 bits per heavy atom. The molecule has 4 rings (SSSR count). The molecule has 0 bridgehead atoms. The van der Waals surface area contributed by atoms with E-state index in [1.807, 2.05) is 24.3 Å². The molecule has 0 unspecified atom stereocenters. The highest BCUT2D eigenvalue weighted by molar-refractivity contribution is 5.89. The van der Waals surface area contributed by atoms with Crippen molar-refractivity contribution in [3.63, 3.8) is 0 Å². The molecule has 0 amide bonds. The molecule has 0 spiro atoms. The highest BCUT2D eigenvalue weighted by Gasteiger charge is 2.20. The van der Waals surface area contributed by atoms with Gasteiger partial charge in [-0.1, -0.05) is 30.3 Å². The molecular weight excluding hydrogens is 425 g/mol. The number of carboxylic acids is 1. The van der Waals surface area contributed by atoms with Gasteiger partial charge in [-0.05, 0) is 65.9 Å². The van der Waals surface area contributed by atoms with Crippen LogP contribution in [0, 0.1) is 5.82 Å². The second-order valence-electron chi connectivity index (χ2n) is 8.04. The number of benzene rings is 3. The van der Waals surface area contributed by atoms with Gasteiger partial charge >= 0.3 is 5.97 Å². The van der Waals surface area contributed by atoms with Crippen molar-refractivity contribution in [1.82, 2.24) is 5.32 Å². The number of fused-ring (bicyclic) bond motifs is 1. The van der Waals surface area contributed by atoms with Crippen molar-refractivity contribution in [2.75, 3.05) is 19.7 Å². The fourth-order valence-electron chi connectivity index (χ4n) is 3.82. The number of hydrogen-bond donors (Lipinski definition) is 3. The maximum absolute atomic E-state index is 13.6. The summed E-state index contributed by atoms with van der Waals surface area (Å²) in [4.78, 5) is 11.2. The monoisotopic (exact) mass is 451 g/mol. The second kappa shape index (κ2) is 10.5. The first-order valence-corrected chi connectivity index (χ1v) is 10.9. The standard InChI is InChI=1S/C26H26FNO5/c27-23-6-1-2-7-25(23)32-16-21(29)14-28-15-22-10-8-19-12-18(9-11-24(19)33-22)17-4-3-5-20(13-17)26(30)31/h1-7,9,11-13,21-22,28-29H,8,10,14-16H2,(H,30,31)/t21-,22+/m0/s1. The zero-order valence-electron chi connectivity index (χ0n) is 18.0. The quantitative estimate of drug-likeness (QED) is 0.457. The van der Waals surface area contributed by atoms with E-state index in [2.05, 4.69) is 5.32 Å². The summed E-state index contributed by atoms with van der Waals surface area (Å²) in [6.45, 7) is 0.868. The topological polar surface area (TPSA) is 88.0 Å². The number of aromatic carboxylic acids is 1. The largest absolute Gasteiger partial charge is 0.489 e. The van der Waals surface area contributed by atoms with E-state index in [1.165, 1.54) is 12.1 Å². The lowest BCUT2D eigenvalue weighted by Gasteiger charge is -2.27. The Morgan fingerprint density at radius 3 is 2.76 bits per heavy atom. The summed E-state index contributed by atoms with van der Waals surface area (Å²) in [7, 11) is 0. The predicted octanol–water partition coefficient (Wildman–Crippen LogP) is 3.91. The lowest BCUT2D eigenvalue weighted by Crippen LogP contribution is -2.39. The van der Waals surface area contributed by atoms with Crippen LogP contribution < -0.4 is 14.8 Å². The van der Waals surface area contributed by atoms with Gasteiger partial charge in [-0.3, -0.25) is 0 Å². The third kappa shape index (κ3) is 5.88. The first kappa shape index (κ1) is 22.8. The maximum Gasteiger partial charge on any atom is 0.335 e. The molecule has 2 atom stereocenters. The summed E-state index contributed by atoms with van der Waals surface area (Å²) in [5, 5.41) is 22.5. The molecule has 0 fully saturated rings. The summed E-state index contributed by atoms with van der Waals surface area (Å²) >= 11 is 0. The van der Waals surface area contributed by atoms with Crippen molar-refractivity contribution in [3.8, 4) is 22.6 Å². The number of carboxylic acid groups (broad SMARTS) is 1. The molecule has 0 saturated heterocycles. The van der Waals surface area contributed by atoms with E-state index in [0.29, 0.717) is 13.1 Å². The second-order valence-corrected chi connectivity index (χ2v) is 8.04. The van der Waals surface area contributed by atoms with E-state index < -0.39 is 17.9 Å². The molecule has 1 heterocycles.